The Balaban J connectivity index is 1.10. The molecule has 5 heteroatoms. The molecule has 1 aliphatic heterocycles. The van der Waals surface area contributed by atoms with Crippen LogP contribution in [-0.2, 0) is 0 Å². The number of hydrogen-bond donors (Lipinski definition) is 0. The fraction of sp³-hybridized carbons (Fsp3) is 0. The summed E-state index contributed by atoms with van der Waals surface area (Å²) in [5.74, 6) is 0.837. The molecule has 0 unspecified atom stereocenters. The van der Waals surface area contributed by atoms with E-state index in [0.29, 0.717) is 0 Å². The summed E-state index contributed by atoms with van der Waals surface area (Å²) >= 11 is 0. The molecule has 3 heterocycles. The molecular formula is C48H32BN3O. The number of hydrogen-bond acceptors (Lipinski definition) is 2. The number of para-hydroxylation sites is 6. The summed E-state index contributed by atoms with van der Waals surface area (Å²) < 4.78 is 11.7. The standard InChI is InChI=1S/C48H32BN3O/c1-2-14-36(15-3-1)53-49-41-20-8-13-25-47(41)51(34-28-26-33(27-29-34)50-43-21-9-4-16-37(43)38-17-5-10-22-44(38)50)48-31-30-35(32-42(48)49)52-45-23-11-6-18-39(45)40-19-7-12-24-46(40)52/h1-32H. The van der Waals surface area contributed by atoms with Crippen molar-refractivity contribution in [2.45, 2.75) is 0 Å². The molecule has 8 aromatic carbocycles. The molecule has 4 nitrogen and oxygen atoms in total. The maximum absolute atomic E-state index is 6.95. The van der Waals surface area contributed by atoms with E-state index < -0.39 is 0 Å². The summed E-state index contributed by atoms with van der Waals surface area (Å²) in [6, 6.07) is 69.4. The average Bonchev–Trinajstić information content (AvgIpc) is 3.74. The van der Waals surface area contributed by atoms with Gasteiger partial charge in [0.1, 0.15) is 0 Å². The molecule has 0 bridgehead atoms. The van der Waals surface area contributed by atoms with Gasteiger partial charge in [0.2, 0.25) is 0 Å². The van der Waals surface area contributed by atoms with Crippen LogP contribution in [0.15, 0.2) is 194 Å². The Morgan fingerprint density at radius 3 is 1.36 bits per heavy atom. The topological polar surface area (TPSA) is 22.3 Å². The van der Waals surface area contributed by atoms with Crippen molar-refractivity contribution in [3.8, 4) is 17.1 Å². The third kappa shape index (κ3) is 4.57. The Labute approximate surface area is 307 Å². The molecule has 0 atom stereocenters. The third-order valence-corrected chi connectivity index (χ3v) is 10.8. The predicted octanol–water partition coefficient (Wildman–Crippen LogP) is 10.8. The fourth-order valence-electron chi connectivity index (χ4n) is 8.50. The zero-order valence-corrected chi connectivity index (χ0v) is 28.8. The molecule has 0 fully saturated rings. The second kappa shape index (κ2) is 11.8. The second-order valence-corrected chi connectivity index (χ2v) is 13.7. The number of anilines is 3. The fourth-order valence-corrected chi connectivity index (χ4v) is 8.50. The average molecular weight is 678 g/mol. The lowest BCUT2D eigenvalue weighted by Crippen LogP contribution is -2.54. The van der Waals surface area contributed by atoms with Crippen LogP contribution in [0.4, 0.5) is 17.1 Å². The number of fused-ring (bicyclic) bond motifs is 8. The van der Waals surface area contributed by atoms with E-state index in [1.165, 1.54) is 43.6 Å². The molecule has 53 heavy (non-hydrogen) atoms. The van der Waals surface area contributed by atoms with E-state index in [1.54, 1.807) is 0 Å². The highest BCUT2D eigenvalue weighted by atomic mass is 16.4. The van der Waals surface area contributed by atoms with Gasteiger partial charge in [-0.15, -0.1) is 0 Å². The Morgan fingerprint density at radius 1 is 0.340 bits per heavy atom. The van der Waals surface area contributed by atoms with Crippen molar-refractivity contribution >= 4 is 78.5 Å². The summed E-state index contributed by atoms with van der Waals surface area (Å²) in [7, 11) is 0. The van der Waals surface area contributed by atoms with Crippen LogP contribution in [0.25, 0.3) is 55.0 Å². The van der Waals surface area contributed by atoms with Crippen LogP contribution in [0.1, 0.15) is 0 Å². The van der Waals surface area contributed by atoms with E-state index in [-0.39, 0.29) is 6.92 Å². The van der Waals surface area contributed by atoms with Gasteiger partial charge in [-0.05, 0) is 95.9 Å². The van der Waals surface area contributed by atoms with Crippen molar-refractivity contribution in [2.24, 2.45) is 0 Å². The van der Waals surface area contributed by atoms with Gasteiger partial charge in [-0.2, -0.15) is 0 Å². The van der Waals surface area contributed by atoms with Gasteiger partial charge in [0.15, 0.2) is 0 Å². The smallest absolute Gasteiger partial charge is 0.430 e. The number of aromatic nitrogens is 2. The molecule has 2 aromatic heterocycles. The summed E-state index contributed by atoms with van der Waals surface area (Å²) in [5, 5.41) is 5.01. The van der Waals surface area contributed by atoms with Crippen LogP contribution in [0.3, 0.4) is 0 Å². The van der Waals surface area contributed by atoms with E-state index >= 15 is 0 Å². The molecule has 0 saturated heterocycles. The summed E-state index contributed by atoms with van der Waals surface area (Å²) in [6.45, 7) is -0.315. The minimum atomic E-state index is -0.315. The van der Waals surface area contributed by atoms with Crippen LogP contribution in [-0.4, -0.2) is 16.0 Å². The lowest BCUT2D eigenvalue weighted by molar-refractivity contribution is 0.591. The van der Waals surface area contributed by atoms with E-state index in [0.717, 1.165) is 45.1 Å². The largest absolute Gasteiger partial charge is 0.551 e. The predicted molar refractivity (Wildman–Crippen MR) is 222 cm³/mol. The van der Waals surface area contributed by atoms with Gasteiger partial charge in [0, 0.05) is 50.0 Å². The van der Waals surface area contributed by atoms with E-state index in [1.807, 2.05) is 30.3 Å². The molecule has 10 aromatic rings. The van der Waals surface area contributed by atoms with Crippen LogP contribution in [0.2, 0.25) is 0 Å². The Morgan fingerprint density at radius 2 is 0.774 bits per heavy atom. The van der Waals surface area contributed by atoms with Gasteiger partial charge >= 0.3 is 6.92 Å². The minimum absolute atomic E-state index is 0.315. The van der Waals surface area contributed by atoms with Gasteiger partial charge in [-0.25, -0.2) is 0 Å². The van der Waals surface area contributed by atoms with Crippen molar-refractivity contribution in [1.29, 1.82) is 0 Å². The SMILES string of the molecule is c1ccc(OB2c3ccccc3N(c3ccc(-n4c5ccccc5c5ccccc54)cc3)c3ccc(-n4c5ccccc5c5ccccc54)cc32)cc1. The molecule has 0 aliphatic carbocycles. The first-order chi connectivity index (χ1) is 26.3. The second-order valence-electron chi connectivity index (χ2n) is 13.7. The lowest BCUT2D eigenvalue weighted by Gasteiger charge is -2.36. The van der Waals surface area contributed by atoms with Crippen molar-refractivity contribution in [2.75, 3.05) is 4.90 Å². The highest BCUT2D eigenvalue weighted by Gasteiger charge is 2.37. The van der Waals surface area contributed by atoms with Crippen LogP contribution in [0, 0.1) is 0 Å². The molecule has 11 rings (SSSR count). The Kier molecular flexibility index (Phi) is 6.61. The lowest BCUT2D eigenvalue weighted by atomic mass is 9.52. The van der Waals surface area contributed by atoms with Gasteiger partial charge in [-0.3, -0.25) is 0 Å². The molecule has 1 aliphatic rings. The first-order valence-corrected chi connectivity index (χ1v) is 18.1. The van der Waals surface area contributed by atoms with Gasteiger partial charge in [-0.1, -0.05) is 109 Å². The van der Waals surface area contributed by atoms with Gasteiger partial charge in [0.05, 0.1) is 27.8 Å². The van der Waals surface area contributed by atoms with E-state index in [9.17, 15) is 0 Å². The van der Waals surface area contributed by atoms with Crippen LogP contribution in [0.5, 0.6) is 5.75 Å². The van der Waals surface area contributed by atoms with Crippen molar-refractivity contribution in [3.63, 3.8) is 0 Å². The Bertz CT molecular complexity index is 2890. The highest BCUT2D eigenvalue weighted by molar-refractivity contribution is 6.84. The maximum atomic E-state index is 6.95. The molecule has 248 valence electrons. The maximum Gasteiger partial charge on any atom is 0.430 e. The van der Waals surface area contributed by atoms with Crippen LogP contribution < -0.4 is 20.5 Å². The van der Waals surface area contributed by atoms with E-state index in [2.05, 4.69) is 178 Å². The molecule has 0 amide bonds. The minimum Gasteiger partial charge on any atom is -0.551 e. The first kappa shape index (κ1) is 29.7. The van der Waals surface area contributed by atoms with Crippen LogP contribution >= 0.6 is 0 Å². The monoisotopic (exact) mass is 677 g/mol. The van der Waals surface area contributed by atoms with Gasteiger partial charge in [0.25, 0.3) is 0 Å². The third-order valence-electron chi connectivity index (χ3n) is 10.8. The Hall–Kier alpha value is -6.98. The first-order valence-electron chi connectivity index (χ1n) is 18.1. The summed E-state index contributed by atoms with van der Waals surface area (Å²) in [4.78, 5) is 2.39. The molecule has 0 radical (unpaired) electrons. The zero-order chi connectivity index (χ0) is 34.9. The molecular weight excluding hydrogens is 645 g/mol. The van der Waals surface area contributed by atoms with Crippen molar-refractivity contribution in [3.05, 3.63) is 194 Å². The number of benzene rings is 8. The quantitative estimate of drug-likeness (QED) is 0.169. The number of nitrogens with zero attached hydrogens (tertiary/aromatic N) is 3. The van der Waals surface area contributed by atoms with E-state index in [4.69, 9.17) is 4.65 Å². The normalized spacial score (nSPS) is 12.5. The molecule has 0 saturated carbocycles. The number of rotatable bonds is 5. The summed E-state index contributed by atoms with van der Waals surface area (Å²) in [5.41, 5.74) is 12.5. The van der Waals surface area contributed by atoms with Crippen molar-refractivity contribution in [1.82, 2.24) is 9.13 Å². The molecule has 0 spiro atoms. The van der Waals surface area contributed by atoms with Gasteiger partial charge < -0.3 is 18.7 Å². The zero-order valence-electron chi connectivity index (χ0n) is 28.8. The highest BCUT2D eigenvalue weighted by Crippen LogP contribution is 2.39. The molecule has 0 N–H and O–H groups in total. The van der Waals surface area contributed by atoms with Crippen molar-refractivity contribution < 1.29 is 4.65 Å². The summed E-state index contributed by atoms with van der Waals surface area (Å²) in [6.07, 6.45) is 0.